The minimum Gasteiger partial charge on any atom is -0.390 e. The van der Waals surface area contributed by atoms with Gasteiger partial charge in [0.1, 0.15) is 0 Å². The Kier molecular flexibility index (Phi) is 2.87. The van der Waals surface area contributed by atoms with Crippen LogP contribution in [0.3, 0.4) is 0 Å². The van der Waals surface area contributed by atoms with Gasteiger partial charge in [-0.1, -0.05) is 13.8 Å². The standard InChI is InChI=1S/C8H17NO2/c1-5(2)9-6-3-4-7(10)8(6)11/h5-11H,3-4H2,1-2H3/t6-,7-,8+/m0/s1. The molecular formula is C8H17NO2. The van der Waals surface area contributed by atoms with E-state index in [0.717, 1.165) is 6.42 Å². The second kappa shape index (κ2) is 3.52. The van der Waals surface area contributed by atoms with Gasteiger partial charge in [0.15, 0.2) is 0 Å². The van der Waals surface area contributed by atoms with E-state index in [1.165, 1.54) is 0 Å². The molecule has 1 fully saturated rings. The van der Waals surface area contributed by atoms with Crippen LogP contribution in [0.5, 0.6) is 0 Å². The van der Waals surface area contributed by atoms with Gasteiger partial charge in [0.05, 0.1) is 12.2 Å². The molecule has 1 aliphatic rings. The highest BCUT2D eigenvalue weighted by atomic mass is 16.3. The van der Waals surface area contributed by atoms with Crippen LogP contribution in [0, 0.1) is 0 Å². The summed E-state index contributed by atoms with van der Waals surface area (Å²) in [6.45, 7) is 4.08. The van der Waals surface area contributed by atoms with E-state index in [1.54, 1.807) is 0 Å². The fraction of sp³-hybridized carbons (Fsp3) is 1.00. The Hall–Kier alpha value is -0.120. The summed E-state index contributed by atoms with van der Waals surface area (Å²) in [5.74, 6) is 0. The molecule has 0 unspecified atom stereocenters. The molecular weight excluding hydrogens is 142 g/mol. The van der Waals surface area contributed by atoms with Crippen molar-refractivity contribution in [2.24, 2.45) is 0 Å². The zero-order chi connectivity index (χ0) is 8.43. The number of nitrogens with one attached hydrogen (secondary N) is 1. The van der Waals surface area contributed by atoms with Crippen LogP contribution in [-0.2, 0) is 0 Å². The Morgan fingerprint density at radius 3 is 2.27 bits per heavy atom. The van der Waals surface area contributed by atoms with E-state index < -0.39 is 12.2 Å². The van der Waals surface area contributed by atoms with Crippen LogP contribution >= 0.6 is 0 Å². The highest BCUT2D eigenvalue weighted by molar-refractivity contribution is 4.89. The highest BCUT2D eigenvalue weighted by Gasteiger charge is 2.33. The minimum atomic E-state index is -0.572. The van der Waals surface area contributed by atoms with Crippen molar-refractivity contribution >= 4 is 0 Å². The van der Waals surface area contributed by atoms with Gasteiger partial charge in [-0.2, -0.15) is 0 Å². The normalized spacial score (nSPS) is 38.5. The summed E-state index contributed by atoms with van der Waals surface area (Å²) in [6.07, 6.45) is 0.496. The van der Waals surface area contributed by atoms with Crippen LogP contribution in [0.25, 0.3) is 0 Å². The summed E-state index contributed by atoms with van der Waals surface area (Å²) < 4.78 is 0. The van der Waals surface area contributed by atoms with Gasteiger partial charge in [-0.15, -0.1) is 0 Å². The molecule has 0 spiro atoms. The topological polar surface area (TPSA) is 52.5 Å². The molecule has 0 aromatic carbocycles. The van der Waals surface area contributed by atoms with E-state index in [-0.39, 0.29) is 6.04 Å². The molecule has 0 heterocycles. The van der Waals surface area contributed by atoms with Crippen LogP contribution < -0.4 is 5.32 Å². The molecule has 0 aromatic rings. The van der Waals surface area contributed by atoms with Crippen LogP contribution in [0.4, 0.5) is 0 Å². The second-order valence-electron chi connectivity index (χ2n) is 3.56. The van der Waals surface area contributed by atoms with Gasteiger partial charge in [0, 0.05) is 12.1 Å². The predicted octanol–water partition coefficient (Wildman–Crippen LogP) is -0.131. The van der Waals surface area contributed by atoms with E-state index in [2.05, 4.69) is 5.32 Å². The van der Waals surface area contributed by atoms with E-state index in [1.807, 2.05) is 13.8 Å². The van der Waals surface area contributed by atoms with Gasteiger partial charge in [-0.3, -0.25) is 0 Å². The molecule has 3 N–H and O–H groups in total. The van der Waals surface area contributed by atoms with Gasteiger partial charge >= 0.3 is 0 Å². The fourth-order valence-electron chi connectivity index (χ4n) is 1.57. The Morgan fingerprint density at radius 1 is 1.27 bits per heavy atom. The van der Waals surface area contributed by atoms with Gasteiger partial charge in [-0.05, 0) is 12.8 Å². The molecule has 0 amide bonds. The fourth-order valence-corrected chi connectivity index (χ4v) is 1.57. The molecule has 1 aliphatic carbocycles. The molecule has 1 saturated carbocycles. The molecule has 3 nitrogen and oxygen atoms in total. The molecule has 1 rings (SSSR count). The van der Waals surface area contributed by atoms with Crippen molar-refractivity contribution < 1.29 is 10.2 Å². The van der Waals surface area contributed by atoms with Crippen molar-refractivity contribution in [3.05, 3.63) is 0 Å². The third-order valence-corrected chi connectivity index (χ3v) is 2.13. The average molecular weight is 159 g/mol. The molecule has 11 heavy (non-hydrogen) atoms. The summed E-state index contributed by atoms with van der Waals surface area (Å²) in [6, 6.07) is 0.463. The molecule has 0 radical (unpaired) electrons. The lowest BCUT2D eigenvalue weighted by Gasteiger charge is -2.20. The van der Waals surface area contributed by atoms with Crippen molar-refractivity contribution in [2.45, 2.75) is 51.0 Å². The molecule has 0 aromatic heterocycles. The molecule has 3 atom stereocenters. The Morgan fingerprint density at radius 2 is 1.91 bits per heavy atom. The van der Waals surface area contributed by atoms with Crippen LogP contribution in [0.15, 0.2) is 0 Å². The lowest BCUT2D eigenvalue weighted by Crippen LogP contribution is -2.42. The predicted molar refractivity (Wildman–Crippen MR) is 43.3 cm³/mol. The molecule has 3 heteroatoms. The summed E-state index contributed by atoms with van der Waals surface area (Å²) in [4.78, 5) is 0. The van der Waals surface area contributed by atoms with Crippen LogP contribution in [0.2, 0.25) is 0 Å². The quantitative estimate of drug-likeness (QED) is 0.526. The van der Waals surface area contributed by atoms with E-state index in [4.69, 9.17) is 0 Å². The minimum absolute atomic E-state index is 0.0880. The first-order chi connectivity index (χ1) is 5.11. The smallest absolute Gasteiger partial charge is 0.0951 e. The van der Waals surface area contributed by atoms with Crippen molar-refractivity contribution in [2.75, 3.05) is 0 Å². The van der Waals surface area contributed by atoms with E-state index >= 15 is 0 Å². The second-order valence-corrected chi connectivity index (χ2v) is 3.56. The zero-order valence-electron chi connectivity index (χ0n) is 7.12. The summed E-state index contributed by atoms with van der Waals surface area (Å²) in [7, 11) is 0. The van der Waals surface area contributed by atoms with Crippen molar-refractivity contribution in [3.63, 3.8) is 0 Å². The maximum atomic E-state index is 9.39. The monoisotopic (exact) mass is 159 g/mol. The first-order valence-corrected chi connectivity index (χ1v) is 4.23. The van der Waals surface area contributed by atoms with Crippen molar-refractivity contribution in [1.82, 2.24) is 5.32 Å². The van der Waals surface area contributed by atoms with Crippen molar-refractivity contribution in [1.29, 1.82) is 0 Å². The first-order valence-electron chi connectivity index (χ1n) is 4.23. The van der Waals surface area contributed by atoms with Crippen molar-refractivity contribution in [3.8, 4) is 0 Å². The number of rotatable bonds is 2. The summed E-state index contributed by atoms with van der Waals surface area (Å²) in [5.41, 5.74) is 0. The average Bonchev–Trinajstić information content (AvgIpc) is 2.18. The number of hydrogen-bond donors (Lipinski definition) is 3. The van der Waals surface area contributed by atoms with E-state index in [0.29, 0.717) is 12.5 Å². The summed E-state index contributed by atoms with van der Waals surface area (Å²) in [5, 5.41) is 21.8. The number of aliphatic hydroxyl groups is 2. The maximum Gasteiger partial charge on any atom is 0.0951 e. The van der Waals surface area contributed by atoms with E-state index in [9.17, 15) is 10.2 Å². The molecule has 66 valence electrons. The Balaban J connectivity index is 2.36. The summed E-state index contributed by atoms with van der Waals surface area (Å²) >= 11 is 0. The lowest BCUT2D eigenvalue weighted by atomic mass is 10.2. The molecule has 0 aliphatic heterocycles. The third kappa shape index (κ3) is 2.15. The Labute approximate surface area is 67.4 Å². The molecule has 0 bridgehead atoms. The van der Waals surface area contributed by atoms with Gasteiger partial charge in [-0.25, -0.2) is 0 Å². The van der Waals surface area contributed by atoms with Gasteiger partial charge < -0.3 is 15.5 Å². The van der Waals surface area contributed by atoms with Crippen LogP contribution in [0.1, 0.15) is 26.7 Å². The highest BCUT2D eigenvalue weighted by Crippen LogP contribution is 2.19. The van der Waals surface area contributed by atoms with Gasteiger partial charge in [0.2, 0.25) is 0 Å². The Bertz CT molecular complexity index is 127. The largest absolute Gasteiger partial charge is 0.390 e. The van der Waals surface area contributed by atoms with Crippen LogP contribution in [-0.4, -0.2) is 34.5 Å². The first kappa shape index (κ1) is 8.97. The van der Waals surface area contributed by atoms with Gasteiger partial charge in [0.25, 0.3) is 0 Å². The number of aliphatic hydroxyl groups excluding tert-OH is 2. The molecule has 0 saturated heterocycles. The lowest BCUT2D eigenvalue weighted by molar-refractivity contribution is 0.0289. The number of hydrogen-bond acceptors (Lipinski definition) is 3. The zero-order valence-corrected chi connectivity index (χ0v) is 7.12. The SMILES string of the molecule is CC(C)N[C@H]1CC[C@H](O)[C@@H]1O. The third-order valence-electron chi connectivity index (χ3n) is 2.13. The maximum absolute atomic E-state index is 9.39.